The fraction of sp³-hybridized carbons (Fsp3) is 0.765. The molecular weight excluding hydrogens is 349 g/mol. The van der Waals surface area contributed by atoms with Gasteiger partial charge < -0.3 is 9.42 Å². The Balaban J connectivity index is 1.61. The highest BCUT2D eigenvalue weighted by Gasteiger charge is 2.65. The minimum atomic E-state index is -4.62. The quantitative estimate of drug-likeness (QED) is 0.819. The van der Waals surface area contributed by atoms with Crippen LogP contribution in [0.25, 0.3) is 0 Å². The number of carbonyl (C=O) groups excluding carboxylic acids is 1. The van der Waals surface area contributed by atoms with Crippen molar-refractivity contribution < 1.29 is 22.5 Å². The summed E-state index contributed by atoms with van der Waals surface area (Å²) in [6.07, 6.45) is -2.46. The van der Waals surface area contributed by atoms with E-state index in [1.54, 1.807) is 0 Å². The van der Waals surface area contributed by atoms with Gasteiger partial charge in [-0.25, -0.2) is 0 Å². The highest BCUT2D eigenvalue weighted by atomic mass is 19.4. The third-order valence-corrected chi connectivity index (χ3v) is 5.91. The normalized spacial score (nSPS) is 34.4. The molecule has 1 aromatic rings. The number of carbonyl (C=O) groups is 1. The molecule has 2 saturated carbocycles. The number of nitrogens with zero attached hydrogens (tertiary/aromatic N) is 4. The van der Waals surface area contributed by atoms with Crippen molar-refractivity contribution in [1.82, 2.24) is 15.0 Å². The van der Waals surface area contributed by atoms with Crippen LogP contribution in [-0.2, 0) is 10.2 Å². The van der Waals surface area contributed by atoms with Crippen LogP contribution in [0.4, 0.5) is 13.2 Å². The molecule has 2 heterocycles. The highest BCUT2D eigenvalue weighted by molar-refractivity contribution is 5.87. The molecule has 1 aliphatic heterocycles. The van der Waals surface area contributed by atoms with Gasteiger partial charge in [-0.15, -0.1) is 0 Å². The van der Waals surface area contributed by atoms with E-state index >= 15 is 0 Å². The summed E-state index contributed by atoms with van der Waals surface area (Å²) in [5.41, 5.74) is -3.54. The van der Waals surface area contributed by atoms with E-state index in [1.165, 1.54) is 0 Å². The van der Waals surface area contributed by atoms with Crippen LogP contribution in [0, 0.1) is 22.7 Å². The molecule has 9 heteroatoms. The first-order valence-electron chi connectivity index (χ1n) is 8.82. The summed E-state index contributed by atoms with van der Waals surface area (Å²) in [6, 6.07) is 2.03. The van der Waals surface area contributed by atoms with Crippen molar-refractivity contribution in [2.45, 2.75) is 56.5 Å². The van der Waals surface area contributed by atoms with E-state index in [0.29, 0.717) is 18.7 Å². The Bertz CT molecular complexity index is 774. The van der Waals surface area contributed by atoms with Crippen LogP contribution in [0.3, 0.4) is 0 Å². The van der Waals surface area contributed by atoms with Gasteiger partial charge in [0.05, 0.1) is 6.07 Å². The van der Waals surface area contributed by atoms with Crippen LogP contribution in [0.1, 0.15) is 56.7 Å². The average Bonchev–Trinajstić information content (AvgIpc) is 3.10. The first kappa shape index (κ1) is 17.3. The molecule has 6 nitrogen and oxygen atoms in total. The molecule has 2 aliphatic carbocycles. The maximum absolute atomic E-state index is 14.0. The lowest BCUT2D eigenvalue weighted by Gasteiger charge is -2.41. The largest absolute Gasteiger partial charge is 0.405 e. The Morgan fingerprint density at radius 2 is 2.08 bits per heavy atom. The summed E-state index contributed by atoms with van der Waals surface area (Å²) in [5.74, 6) is -0.350. The van der Waals surface area contributed by atoms with E-state index in [1.807, 2.05) is 13.0 Å². The Hall–Kier alpha value is -2.11. The van der Waals surface area contributed by atoms with Crippen LogP contribution in [0.15, 0.2) is 4.52 Å². The predicted molar refractivity (Wildman–Crippen MR) is 81.6 cm³/mol. The van der Waals surface area contributed by atoms with Crippen LogP contribution >= 0.6 is 0 Å². The summed E-state index contributed by atoms with van der Waals surface area (Å²) in [7, 11) is 0. The fourth-order valence-electron chi connectivity index (χ4n) is 4.19. The van der Waals surface area contributed by atoms with E-state index in [-0.39, 0.29) is 24.8 Å². The molecule has 0 radical (unpaired) electrons. The number of halogens is 3. The summed E-state index contributed by atoms with van der Waals surface area (Å²) in [6.45, 7) is 1.28. The molecule has 1 saturated heterocycles. The summed E-state index contributed by atoms with van der Waals surface area (Å²) >= 11 is 0. The lowest BCUT2D eigenvalue weighted by molar-refractivity contribution is -0.194. The Morgan fingerprint density at radius 1 is 1.38 bits per heavy atom. The molecule has 0 N–H and O–H groups in total. The topological polar surface area (TPSA) is 83.0 Å². The summed E-state index contributed by atoms with van der Waals surface area (Å²) in [5, 5.41) is 13.1. The number of likely N-dealkylation sites (tertiary alicyclic amines) is 1. The van der Waals surface area contributed by atoms with Gasteiger partial charge in [-0.2, -0.15) is 23.4 Å². The van der Waals surface area contributed by atoms with Gasteiger partial charge in [-0.3, -0.25) is 4.79 Å². The van der Waals surface area contributed by atoms with E-state index in [2.05, 4.69) is 10.1 Å². The van der Waals surface area contributed by atoms with Crippen LogP contribution in [0.2, 0.25) is 0 Å². The molecule has 26 heavy (non-hydrogen) atoms. The van der Waals surface area contributed by atoms with Crippen LogP contribution in [0.5, 0.6) is 0 Å². The molecule has 0 bridgehead atoms. The minimum Gasteiger partial charge on any atom is -0.340 e. The molecule has 1 unspecified atom stereocenters. The molecule has 1 amide bonds. The third kappa shape index (κ3) is 2.42. The van der Waals surface area contributed by atoms with E-state index < -0.39 is 35.3 Å². The summed E-state index contributed by atoms with van der Waals surface area (Å²) in [4.78, 5) is 17.9. The zero-order chi connectivity index (χ0) is 18.7. The maximum atomic E-state index is 14.0. The average molecular weight is 368 g/mol. The fourth-order valence-corrected chi connectivity index (χ4v) is 4.19. The first-order chi connectivity index (χ1) is 12.2. The molecule has 0 aromatic carbocycles. The molecule has 3 fully saturated rings. The monoisotopic (exact) mass is 368 g/mol. The Kier molecular flexibility index (Phi) is 3.62. The van der Waals surface area contributed by atoms with Crippen molar-refractivity contribution >= 4 is 5.91 Å². The molecule has 0 spiro atoms. The maximum Gasteiger partial charge on any atom is 0.405 e. The minimum absolute atomic E-state index is 0.0721. The van der Waals surface area contributed by atoms with E-state index in [4.69, 9.17) is 4.52 Å². The molecule has 140 valence electrons. The van der Waals surface area contributed by atoms with E-state index in [0.717, 1.165) is 17.7 Å². The smallest absolute Gasteiger partial charge is 0.340 e. The van der Waals surface area contributed by atoms with Gasteiger partial charge in [0.15, 0.2) is 11.2 Å². The number of amides is 1. The van der Waals surface area contributed by atoms with Crippen molar-refractivity contribution in [1.29, 1.82) is 5.26 Å². The number of nitriles is 1. The molecule has 3 aliphatic rings. The van der Waals surface area contributed by atoms with Gasteiger partial charge in [-0.05, 0) is 38.0 Å². The second kappa shape index (κ2) is 5.44. The zero-order valence-electron chi connectivity index (χ0n) is 14.3. The molecule has 1 aromatic heterocycles. The van der Waals surface area contributed by atoms with Gasteiger partial charge in [0.25, 0.3) is 0 Å². The van der Waals surface area contributed by atoms with Crippen molar-refractivity contribution in [3.8, 4) is 6.07 Å². The van der Waals surface area contributed by atoms with Gasteiger partial charge in [0, 0.05) is 19.0 Å². The van der Waals surface area contributed by atoms with Gasteiger partial charge in [-0.1, -0.05) is 12.1 Å². The van der Waals surface area contributed by atoms with Crippen molar-refractivity contribution in [2.75, 3.05) is 13.1 Å². The van der Waals surface area contributed by atoms with E-state index in [9.17, 15) is 23.2 Å². The number of aromatic nitrogens is 2. The van der Waals surface area contributed by atoms with Gasteiger partial charge in [0.2, 0.25) is 11.8 Å². The lowest BCUT2D eigenvalue weighted by atomic mass is 9.63. The Morgan fingerprint density at radius 3 is 2.62 bits per heavy atom. The molecule has 4 rings (SSSR count). The Labute approximate surface area is 148 Å². The third-order valence-electron chi connectivity index (χ3n) is 5.91. The van der Waals surface area contributed by atoms with Crippen molar-refractivity contribution in [2.24, 2.45) is 11.3 Å². The van der Waals surface area contributed by atoms with Crippen molar-refractivity contribution in [3.05, 3.63) is 11.7 Å². The van der Waals surface area contributed by atoms with Gasteiger partial charge in [0.1, 0.15) is 5.41 Å². The van der Waals surface area contributed by atoms with Crippen molar-refractivity contribution in [3.63, 3.8) is 0 Å². The van der Waals surface area contributed by atoms with Crippen LogP contribution < -0.4 is 0 Å². The van der Waals surface area contributed by atoms with Gasteiger partial charge >= 0.3 is 6.18 Å². The predicted octanol–water partition coefficient (Wildman–Crippen LogP) is 2.92. The zero-order valence-corrected chi connectivity index (χ0v) is 14.3. The number of hydrogen-bond acceptors (Lipinski definition) is 5. The number of alkyl halides is 3. The molecular formula is C17H19F3N4O2. The lowest BCUT2D eigenvalue weighted by Crippen LogP contribution is -2.51. The van der Waals surface area contributed by atoms with Crippen LogP contribution in [-0.4, -0.2) is 40.2 Å². The highest BCUT2D eigenvalue weighted by Crippen LogP contribution is 2.51. The standard InChI is InChI=1S/C17H19F3N4O2/c1-10-6-15(7-10,8-21)14(25)24-5-4-16(9-24,17(18,19)20)13-22-12(23-26-13)11-2-3-11/h10-11H,2-7,9H2,1H3. The number of hydrogen-bond donors (Lipinski definition) is 0. The number of rotatable bonds is 3. The molecule has 1 atom stereocenters. The first-order valence-corrected chi connectivity index (χ1v) is 8.82. The second-order valence-electron chi connectivity index (χ2n) is 8.00. The SMILES string of the molecule is CC1CC(C#N)(C(=O)N2CCC(c3nc(C4CC4)no3)(C(F)(F)F)C2)C1. The second-order valence-corrected chi connectivity index (χ2v) is 8.00. The summed E-state index contributed by atoms with van der Waals surface area (Å²) < 4.78 is 46.9.